The van der Waals surface area contributed by atoms with E-state index in [0.29, 0.717) is 41.7 Å². The highest BCUT2D eigenvalue weighted by Crippen LogP contribution is 2.27. The molecule has 0 amide bonds. The van der Waals surface area contributed by atoms with Crippen molar-refractivity contribution in [3.8, 4) is 17.4 Å². The third kappa shape index (κ3) is 4.08. The molecule has 0 bridgehead atoms. The Balaban J connectivity index is 1.86. The lowest BCUT2D eigenvalue weighted by Crippen LogP contribution is -2.06. The summed E-state index contributed by atoms with van der Waals surface area (Å²) in [5, 5.41) is 0. The second-order valence-electron chi connectivity index (χ2n) is 6.86. The maximum Gasteiger partial charge on any atom is 0.318 e. The summed E-state index contributed by atoms with van der Waals surface area (Å²) in [6.07, 6.45) is 4.75. The zero-order chi connectivity index (χ0) is 20.2. The van der Waals surface area contributed by atoms with Crippen LogP contribution in [0.5, 0.6) is 6.01 Å². The Morgan fingerprint density at radius 2 is 1.90 bits per heavy atom. The number of benzene rings is 1. The minimum Gasteiger partial charge on any atom is -0.463 e. The summed E-state index contributed by atoms with van der Waals surface area (Å²) in [6.45, 7) is 5.08. The van der Waals surface area contributed by atoms with Crippen LogP contribution in [0.15, 0.2) is 48.8 Å². The van der Waals surface area contributed by atoms with Crippen LogP contribution >= 0.6 is 0 Å². The number of nitrogens with zero attached hydrogens (tertiary/aromatic N) is 5. The van der Waals surface area contributed by atoms with E-state index in [-0.39, 0.29) is 0 Å². The smallest absolute Gasteiger partial charge is 0.318 e. The number of fused-ring (bicyclic) bond motifs is 1. The Morgan fingerprint density at radius 1 is 1.07 bits per heavy atom. The molecular formula is C22H22FN5O. The second kappa shape index (κ2) is 8.34. The highest BCUT2D eigenvalue weighted by atomic mass is 19.1. The SMILES string of the molecule is CCCCOc1nc(C)c2nc(-c3cncc(F)c3)n(Cc3ccccc3)c2n1. The Kier molecular flexibility index (Phi) is 5.46. The molecule has 1 aromatic carbocycles. The molecule has 7 heteroatoms. The van der Waals surface area contributed by atoms with Gasteiger partial charge in [-0.15, -0.1) is 0 Å². The number of imidazole rings is 1. The minimum atomic E-state index is -0.410. The zero-order valence-corrected chi connectivity index (χ0v) is 16.5. The van der Waals surface area contributed by atoms with E-state index in [4.69, 9.17) is 9.72 Å². The number of aromatic nitrogens is 5. The van der Waals surface area contributed by atoms with Crippen LogP contribution in [0.2, 0.25) is 0 Å². The minimum absolute atomic E-state index is 0.335. The second-order valence-corrected chi connectivity index (χ2v) is 6.86. The molecule has 0 unspecified atom stereocenters. The number of hydrogen-bond donors (Lipinski definition) is 0. The molecule has 0 saturated heterocycles. The predicted octanol–water partition coefficient (Wildman–Crippen LogP) is 4.56. The lowest BCUT2D eigenvalue weighted by atomic mass is 10.2. The molecule has 0 aliphatic heterocycles. The van der Waals surface area contributed by atoms with Gasteiger partial charge in [0.25, 0.3) is 0 Å². The molecule has 6 nitrogen and oxygen atoms in total. The van der Waals surface area contributed by atoms with Crippen LogP contribution in [-0.2, 0) is 6.54 Å². The fourth-order valence-corrected chi connectivity index (χ4v) is 3.16. The summed E-state index contributed by atoms with van der Waals surface area (Å²) < 4.78 is 21.5. The summed E-state index contributed by atoms with van der Waals surface area (Å²) in [5.41, 5.74) is 3.72. The van der Waals surface area contributed by atoms with Gasteiger partial charge in [0.2, 0.25) is 0 Å². The maximum absolute atomic E-state index is 13.8. The molecule has 0 spiro atoms. The van der Waals surface area contributed by atoms with Crippen LogP contribution in [0.4, 0.5) is 4.39 Å². The van der Waals surface area contributed by atoms with Crippen LogP contribution in [-0.4, -0.2) is 31.1 Å². The normalized spacial score (nSPS) is 11.1. The molecule has 3 heterocycles. The lowest BCUT2D eigenvalue weighted by molar-refractivity contribution is 0.285. The molecule has 29 heavy (non-hydrogen) atoms. The highest BCUT2D eigenvalue weighted by Gasteiger charge is 2.19. The molecule has 148 valence electrons. The largest absolute Gasteiger partial charge is 0.463 e. The number of rotatable bonds is 7. The highest BCUT2D eigenvalue weighted by molar-refractivity contribution is 5.79. The van der Waals surface area contributed by atoms with Gasteiger partial charge in [0, 0.05) is 11.8 Å². The van der Waals surface area contributed by atoms with E-state index in [9.17, 15) is 4.39 Å². The molecule has 0 fully saturated rings. The van der Waals surface area contributed by atoms with Crippen molar-refractivity contribution in [1.82, 2.24) is 24.5 Å². The van der Waals surface area contributed by atoms with Gasteiger partial charge in [-0.2, -0.15) is 9.97 Å². The monoisotopic (exact) mass is 391 g/mol. The standard InChI is InChI=1S/C22H22FN5O/c1-3-4-10-29-22-25-15(2)19-21(27-22)28(14-16-8-6-5-7-9-16)20(26-19)17-11-18(23)13-24-12-17/h5-9,11-13H,3-4,10,14H2,1-2H3. The fraction of sp³-hybridized carbons (Fsp3) is 0.273. The van der Waals surface area contributed by atoms with Gasteiger partial charge >= 0.3 is 6.01 Å². The van der Waals surface area contributed by atoms with Crippen LogP contribution < -0.4 is 4.74 Å². The van der Waals surface area contributed by atoms with Gasteiger partial charge in [0.05, 0.1) is 25.0 Å². The molecule has 0 atom stereocenters. The molecule has 0 N–H and O–H groups in total. The van der Waals surface area contributed by atoms with Gasteiger partial charge in [-0.3, -0.25) is 4.98 Å². The number of aryl methyl sites for hydroxylation is 1. The van der Waals surface area contributed by atoms with E-state index in [1.54, 1.807) is 6.20 Å². The van der Waals surface area contributed by atoms with E-state index in [1.807, 2.05) is 41.8 Å². The zero-order valence-electron chi connectivity index (χ0n) is 16.5. The first kappa shape index (κ1) is 19.0. The van der Waals surface area contributed by atoms with Gasteiger partial charge < -0.3 is 9.30 Å². The fourth-order valence-electron chi connectivity index (χ4n) is 3.16. The number of pyridine rings is 1. The van der Waals surface area contributed by atoms with Gasteiger partial charge in [0.1, 0.15) is 17.2 Å². The van der Waals surface area contributed by atoms with Crippen molar-refractivity contribution < 1.29 is 9.13 Å². The number of hydrogen-bond acceptors (Lipinski definition) is 5. The van der Waals surface area contributed by atoms with E-state index < -0.39 is 5.82 Å². The molecule has 4 aromatic rings. The van der Waals surface area contributed by atoms with Crippen molar-refractivity contribution in [3.05, 3.63) is 65.9 Å². The van der Waals surface area contributed by atoms with E-state index >= 15 is 0 Å². The van der Waals surface area contributed by atoms with Gasteiger partial charge in [-0.1, -0.05) is 43.7 Å². The van der Waals surface area contributed by atoms with Crippen LogP contribution in [0.1, 0.15) is 31.0 Å². The summed E-state index contributed by atoms with van der Waals surface area (Å²) >= 11 is 0. The third-order valence-corrected chi connectivity index (χ3v) is 4.62. The van der Waals surface area contributed by atoms with Crippen molar-refractivity contribution in [1.29, 1.82) is 0 Å². The van der Waals surface area contributed by atoms with Crippen molar-refractivity contribution in [3.63, 3.8) is 0 Å². The first-order valence-electron chi connectivity index (χ1n) is 9.68. The molecule has 0 aliphatic rings. The van der Waals surface area contributed by atoms with Crippen molar-refractivity contribution in [2.24, 2.45) is 0 Å². The van der Waals surface area contributed by atoms with Crippen molar-refractivity contribution in [2.45, 2.75) is 33.2 Å². The first-order chi connectivity index (χ1) is 14.2. The summed E-state index contributed by atoms with van der Waals surface area (Å²) in [4.78, 5) is 17.8. The van der Waals surface area contributed by atoms with Crippen LogP contribution in [0.3, 0.4) is 0 Å². The molecule has 4 rings (SSSR count). The number of unbranched alkanes of at least 4 members (excludes halogenated alkanes) is 1. The van der Waals surface area contributed by atoms with Gasteiger partial charge in [-0.25, -0.2) is 9.37 Å². The summed E-state index contributed by atoms with van der Waals surface area (Å²) in [6, 6.07) is 11.8. The van der Waals surface area contributed by atoms with Crippen molar-refractivity contribution in [2.75, 3.05) is 6.61 Å². The van der Waals surface area contributed by atoms with E-state index in [0.717, 1.165) is 24.1 Å². The molecule has 0 saturated carbocycles. The molecule has 0 aliphatic carbocycles. The molecule has 3 aromatic heterocycles. The van der Waals surface area contributed by atoms with Gasteiger partial charge in [0.15, 0.2) is 5.65 Å². The Labute approximate surface area is 168 Å². The molecule has 0 radical (unpaired) electrons. The van der Waals surface area contributed by atoms with Crippen LogP contribution in [0.25, 0.3) is 22.6 Å². The molecular weight excluding hydrogens is 369 g/mol. The van der Waals surface area contributed by atoms with Crippen molar-refractivity contribution >= 4 is 11.2 Å². The van der Waals surface area contributed by atoms with Crippen LogP contribution in [0, 0.1) is 12.7 Å². The summed E-state index contributed by atoms with van der Waals surface area (Å²) in [7, 11) is 0. The Bertz CT molecular complexity index is 1130. The third-order valence-electron chi connectivity index (χ3n) is 4.62. The van der Waals surface area contributed by atoms with Gasteiger partial charge in [-0.05, 0) is 25.0 Å². The average Bonchev–Trinajstić information content (AvgIpc) is 3.08. The lowest BCUT2D eigenvalue weighted by Gasteiger charge is -2.10. The average molecular weight is 391 g/mol. The maximum atomic E-state index is 13.8. The van der Waals surface area contributed by atoms with E-state index in [2.05, 4.69) is 21.9 Å². The number of halogens is 1. The Hall–Kier alpha value is -3.35. The first-order valence-corrected chi connectivity index (χ1v) is 9.68. The summed E-state index contributed by atoms with van der Waals surface area (Å²) in [5.74, 6) is 0.186. The Morgan fingerprint density at radius 3 is 2.66 bits per heavy atom. The number of ether oxygens (including phenoxy) is 1. The van der Waals surface area contributed by atoms with E-state index in [1.165, 1.54) is 12.3 Å². The predicted molar refractivity (Wildman–Crippen MR) is 109 cm³/mol. The quantitative estimate of drug-likeness (QED) is 0.432. The topological polar surface area (TPSA) is 65.7 Å².